The van der Waals surface area contributed by atoms with E-state index in [1.54, 1.807) is 31.4 Å². The molecule has 0 saturated heterocycles. The molecule has 2 rings (SSSR count). The Morgan fingerprint density at radius 2 is 2.12 bits per heavy atom. The third-order valence-corrected chi connectivity index (χ3v) is 3.62. The molecule has 7 heteroatoms. The summed E-state index contributed by atoms with van der Waals surface area (Å²) in [5, 5.41) is 4.60. The molecular formula is C18H14Cl2N2O3. The Labute approximate surface area is 155 Å². The van der Waals surface area contributed by atoms with Crippen LogP contribution in [-0.2, 0) is 0 Å². The molecule has 0 aliphatic heterocycles. The van der Waals surface area contributed by atoms with E-state index in [9.17, 15) is 4.79 Å². The van der Waals surface area contributed by atoms with Crippen molar-refractivity contribution in [1.82, 2.24) is 5.43 Å². The Hall–Kier alpha value is -2.68. The number of halogens is 2. The fourth-order valence-corrected chi connectivity index (χ4v) is 2.39. The van der Waals surface area contributed by atoms with Crippen molar-refractivity contribution in [3.8, 4) is 23.8 Å². The summed E-state index contributed by atoms with van der Waals surface area (Å²) in [6, 6.07) is 9.71. The van der Waals surface area contributed by atoms with Gasteiger partial charge in [-0.1, -0.05) is 29.1 Å². The van der Waals surface area contributed by atoms with Gasteiger partial charge in [-0.2, -0.15) is 5.10 Å². The van der Waals surface area contributed by atoms with E-state index in [0.29, 0.717) is 22.1 Å². The monoisotopic (exact) mass is 376 g/mol. The molecule has 0 bridgehead atoms. The van der Waals surface area contributed by atoms with Crippen molar-refractivity contribution in [2.24, 2.45) is 5.10 Å². The van der Waals surface area contributed by atoms with Crippen LogP contribution in [0.15, 0.2) is 41.5 Å². The van der Waals surface area contributed by atoms with Gasteiger partial charge >= 0.3 is 0 Å². The molecule has 1 N–H and O–H groups in total. The molecule has 5 nitrogen and oxygen atoms in total. The molecule has 2 aromatic rings. The Morgan fingerprint density at radius 3 is 2.80 bits per heavy atom. The van der Waals surface area contributed by atoms with E-state index >= 15 is 0 Å². The lowest BCUT2D eigenvalue weighted by atomic mass is 10.2. The number of hydrogen-bond donors (Lipinski definition) is 1. The number of terminal acetylenes is 1. The van der Waals surface area contributed by atoms with E-state index in [4.69, 9.17) is 39.1 Å². The number of nitrogens with one attached hydrogen (secondary N) is 1. The first-order valence-electron chi connectivity index (χ1n) is 7.08. The van der Waals surface area contributed by atoms with Gasteiger partial charge in [-0.25, -0.2) is 5.43 Å². The number of methoxy groups -OCH3 is 1. The lowest BCUT2D eigenvalue weighted by Crippen LogP contribution is -2.18. The van der Waals surface area contributed by atoms with Gasteiger partial charge in [0.25, 0.3) is 5.91 Å². The number of carbonyl (C=O) groups excluding carboxylic acids is 1. The minimum absolute atomic E-state index is 0.111. The second-order valence-corrected chi connectivity index (χ2v) is 5.56. The molecule has 0 aliphatic carbocycles. The largest absolute Gasteiger partial charge is 0.497 e. The summed E-state index contributed by atoms with van der Waals surface area (Å²) in [5.41, 5.74) is 3.25. The van der Waals surface area contributed by atoms with Crippen LogP contribution in [0.25, 0.3) is 0 Å². The van der Waals surface area contributed by atoms with Crippen molar-refractivity contribution in [1.29, 1.82) is 0 Å². The van der Waals surface area contributed by atoms with Crippen molar-refractivity contribution in [2.45, 2.75) is 0 Å². The van der Waals surface area contributed by atoms with Crippen molar-refractivity contribution < 1.29 is 14.3 Å². The highest BCUT2D eigenvalue weighted by atomic mass is 35.5. The molecule has 0 aromatic heterocycles. The third-order valence-electron chi connectivity index (χ3n) is 3.07. The Morgan fingerprint density at radius 1 is 1.32 bits per heavy atom. The van der Waals surface area contributed by atoms with Crippen molar-refractivity contribution >= 4 is 35.3 Å². The first kappa shape index (κ1) is 18.7. The van der Waals surface area contributed by atoms with Crippen LogP contribution >= 0.6 is 23.2 Å². The normalized spacial score (nSPS) is 10.3. The SMILES string of the molecule is C#CCOc1ccc(OC)cc1/C=N\NC(=O)c1ccc(Cl)cc1Cl. The van der Waals surface area contributed by atoms with E-state index in [2.05, 4.69) is 16.4 Å². The van der Waals surface area contributed by atoms with Crippen LogP contribution in [0.3, 0.4) is 0 Å². The summed E-state index contributed by atoms with van der Waals surface area (Å²) in [6.45, 7) is 0.111. The van der Waals surface area contributed by atoms with E-state index in [1.807, 2.05) is 0 Å². The van der Waals surface area contributed by atoms with Gasteiger partial charge in [0.15, 0.2) is 0 Å². The summed E-state index contributed by atoms with van der Waals surface area (Å²) in [6.07, 6.45) is 6.63. The molecule has 0 aliphatic rings. The minimum atomic E-state index is -0.466. The number of ether oxygens (including phenoxy) is 2. The van der Waals surface area contributed by atoms with Crippen molar-refractivity contribution in [3.63, 3.8) is 0 Å². The smallest absolute Gasteiger partial charge is 0.272 e. The maximum atomic E-state index is 12.1. The number of carbonyl (C=O) groups is 1. The van der Waals surface area contributed by atoms with Gasteiger partial charge in [0.2, 0.25) is 0 Å². The zero-order valence-electron chi connectivity index (χ0n) is 13.3. The molecule has 0 unspecified atom stereocenters. The number of nitrogens with zero attached hydrogens (tertiary/aromatic N) is 1. The summed E-state index contributed by atoms with van der Waals surface area (Å²) >= 11 is 11.8. The van der Waals surface area contributed by atoms with Gasteiger partial charge in [0.1, 0.15) is 18.1 Å². The number of benzene rings is 2. The average Bonchev–Trinajstić information content (AvgIpc) is 2.60. The van der Waals surface area contributed by atoms with Crippen LogP contribution in [0.1, 0.15) is 15.9 Å². The maximum Gasteiger partial charge on any atom is 0.272 e. The van der Waals surface area contributed by atoms with E-state index in [-0.39, 0.29) is 17.2 Å². The lowest BCUT2D eigenvalue weighted by Gasteiger charge is -2.08. The highest BCUT2D eigenvalue weighted by Crippen LogP contribution is 2.23. The summed E-state index contributed by atoms with van der Waals surface area (Å²) in [7, 11) is 1.54. The molecule has 128 valence electrons. The van der Waals surface area contributed by atoms with Crippen molar-refractivity contribution in [2.75, 3.05) is 13.7 Å². The van der Waals surface area contributed by atoms with Gasteiger partial charge in [0, 0.05) is 10.6 Å². The van der Waals surface area contributed by atoms with Gasteiger partial charge in [-0.15, -0.1) is 6.42 Å². The minimum Gasteiger partial charge on any atom is -0.497 e. The molecule has 0 heterocycles. The predicted molar refractivity (Wildman–Crippen MR) is 98.8 cm³/mol. The summed E-state index contributed by atoms with van der Waals surface area (Å²) in [5.74, 6) is 3.05. The van der Waals surface area contributed by atoms with Crippen LogP contribution in [-0.4, -0.2) is 25.8 Å². The van der Waals surface area contributed by atoms with Crippen molar-refractivity contribution in [3.05, 3.63) is 57.6 Å². The van der Waals surface area contributed by atoms with Crippen LogP contribution in [0, 0.1) is 12.3 Å². The van der Waals surface area contributed by atoms with Gasteiger partial charge in [-0.05, 0) is 36.4 Å². The zero-order valence-corrected chi connectivity index (χ0v) is 14.8. The quantitative estimate of drug-likeness (QED) is 0.474. The predicted octanol–water partition coefficient (Wildman–Crippen LogP) is 3.78. The Balaban J connectivity index is 2.15. The lowest BCUT2D eigenvalue weighted by molar-refractivity contribution is 0.0955. The molecule has 0 spiro atoms. The summed E-state index contributed by atoms with van der Waals surface area (Å²) in [4.78, 5) is 12.1. The average molecular weight is 377 g/mol. The molecule has 0 fully saturated rings. The summed E-state index contributed by atoms with van der Waals surface area (Å²) < 4.78 is 10.6. The highest BCUT2D eigenvalue weighted by molar-refractivity contribution is 6.36. The van der Waals surface area contributed by atoms with Crippen LogP contribution in [0.4, 0.5) is 0 Å². The topological polar surface area (TPSA) is 59.9 Å². The number of hydrazone groups is 1. The van der Waals surface area contributed by atoms with E-state index in [1.165, 1.54) is 18.3 Å². The second kappa shape index (κ2) is 8.97. The fourth-order valence-electron chi connectivity index (χ4n) is 1.90. The van der Waals surface area contributed by atoms with E-state index < -0.39 is 5.91 Å². The van der Waals surface area contributed by atoms with Crippen LogP contribution in [0.2, 0.25) is 10.0 Å². The van der Waals surface area contributed by atoms with E-state index in [0.717, 1.165) is 0 Å². The highest BCUT2D eigenvalue weighted by Gasteiger charge is 2.10. The standard InChI is InChI=1S/C18H14Cl2N2O3/c1-3-8-25-17-7-5-14(24-2)9-12(17)11-21-22-18(23)15-6-4-13(19)10-16(15)20/h1,4-7,9-11H,8H2,2H3,(H,22,23)/b21-11-. The molecular weight excluding hydrogens is 363 g/mol. The maximum absolute atomic E-state index is 12.1. The number of hydrogen-bond acceptors (Lipinski definition) is 4. The zero-order chi connectivity index (χ0) is 18.2. The first-order valence-corrected chi connectivity index (χ1v) is 7.83. The molecule has 25 heavy (non-hydrogen) atoms. The third kappa shape index (κ3) is 5.15. The Bertz CT molecular complexity index is 845. The van der Waals surface area contributed by atoms with Crippen LogP contribution in [0.5, 0.6) is 11.5 Å². The number of rotatable bonds is 6. The Kier molecular flexibility index (Phi) is 6.70. The van der Waals surface area contributed by atoms with Gasteiger partial charge in [0.05, 0.1) is 23.9 Å². The molecule has 0 radical (unpaired) electrons. The molecule has 0 saturated carbocycles. The second-order valence-electron chi connectivity index (χ2n) is 4.72. The number of amides is 1. The first-order chi connectivity index (χ1) is 12.0. The molecule has 2 aromatic carbocycles. The molecule has 0 atom stereocenters. The van der Waals surface area contributed by atoms with Gasteiger partial charge in [-0.3, -0.25) is 4.79 Å². The van der Waals surface area contributed by atoms with Gasteiger partial charge < -0.3 is 9.47 Å². The fraction of sp³-hybridized carbons (Fsp3) is 0.111. The molecule has 1 amide bonds. The van der Waals surface area contributed by atoms with Crippen LogP contribution < -0.4 is 14.9 Å².